The van der Waals surface area contributed by atoms with E-state index in [9.17, 15) is 4.79 Å². The molecule has 182 valence electrons. The van der Waals surface area contributed by atoms with Crippen LogP contribution >= 0.6 is 0 Å². The number of nitrogens with zero attached hydrogens (tertiary/aromatic N) is 1. The van der Waals surface area contributed by atoms with Gasteiger partial charge in [-0.05, 0) is 47.4 Å². The first-order valence-electron chi connectivity index (χ1n) is 12.2. The molecule has 2 atom stereocenters. The Balaban J connectivity index is 1.32. The first kappa shape index (κ1) is 23.5. The molecule has 1 heterocycles. The van der Waals surface area contributed by atoms with Crippen LogP contribution < -0.4 is 9.47 Å². The molecule has 0 unspecified atom stereocenters. The molecule has 1 aliphatic heterocycles. The zero-order chi connectivity index (χ0) is 24.6. The first-order valence-corrected chi connectivity index (χ1v) is 12.2. The molecule has 1 saturated heterocycles. The van der Waals surface area contributed by atoms with Gasteiger partial charge >= 0.3 is 6.09 Å². The molecule has 36 heavy (non-hydrogen) atoms. The lowest BCUT2D eigenvalue weighted by molar-refractivity contribution is 0.0393. The molecule has 4 aromatic carbocycles. The highest BCUT2D eigenvalue weighted by Crippen LogP contribution is 2.26. The summed E-state index contributed by atoms with van der Waals surface area (Å²) in [6.07, 6.45) is 0.369. The number of ether oxygens (including phenoxy) is 3. The van der Waals surface area contributed by atoms with Crippen molar-refractivity contribution in [2.24, 2.45) is 0 Å². The zero-order valence-electron chi connectivity index (χ0n) is 20.0. The van der Waals surface area contributed by atoms with Crippen molar-refractivity contribution in [2.45, 2.75) is 31.7 Å². The van der Waals surface area contributed by atoms with Crippen LogP contribution in [0.3, 0.4) is 0 Å². The summed E-state index contributed by atoms with van der Waals surface area (Å²) in [4.78, 5) is 14.6. The van der Waals surface area contributed by atoms with Gasteiger partial charge in [-0.25, -0.2) is 4.79 Å². The molecule has 0 N–H and O–H groups in total. The Kier molecular flexibility index (Phi) is 7.47. The fourth-order valence-electron chi connectivity index (χ4n) is 4.38. The molecule has 1 fully saturated rings. The molecule has 0 aliphatic carbocycles. The maximum Gasteiger partial charge on any atom is 0.413 e. The number of cyclic esters (lactones) is 1. The van der Waals surface area contributed by atoms with Gasteiger partial charge < -0.3 is 14.2 Å². The SMILES string of the molecule is O=C1OC[C@H](Cc2ccccc2)N1[C@H](Cc1ccc(OCc2ccccc2)cc1)Oc1ccccc1. The summed E-state index contributed by atoms with van der Waals surface area (Å²) in [5.74, 6) is 1.51. The maximum atomic E-state index is 12.9. The van der Waals surface area contributed by atoms with Gasteiger partial charge in [0.1, 0.15) is 24.7 Å². The van der Waals surface area contributed by atoms with E-state index in [0.717, 1.165) is 22.4 Å². The summed E-state index contributed by atoms with van der Waals surface area (Å²) >= 11 is 0. The first-order chi connectivity index (χ1) is 17.7. The Morgan fingerprint density at radius 3 is 2.00 bits per heavy atom. The second-order valence-electron chi connectivity index (χ2n) is 8.84. The van der Waals surface area contributed by atoms with Crippen LogP contribution in [0.5, 0.6) is 11.5 Å². The summed E-state index contributed by atoms with van der Waals surface area (Å²) in [5.41, 5.74) is 3.32. The minimum atomic E-state index is -0.507. The third-order valence-electron chi connectivity index (χ3n) is 6.23. The smallest absolute Gasteiger partial charge is 0.413 e. The van der Waals surface area contributed by atoms with Gasteiger partial charge in [0, 0.05) is 6.42 Å². The topological polar surface area (TPSA) is 48.0 Å². The van der Waals surface area contributed by atoms with E-state index in [1.165, 1.54) is 0 Å². The summed E-state index contributed by atoms with van der Waals surface area (Å²) in [7, 11) is 0. The Labute approximate surface area is 211 Å². The fraction of sp³-hybridized carbons (Fsp3) is 0.194. The van der Waals surface area contributed by atoms with E-state index in [1.54, 1.807) is 4.90 Å². The summed E-state index contributed by atoms with van der Waals surface area (Å²) in [5, 5.41) is 0. The van der Waals surface area contributed by atoms with Crippen molar-refractivity contribution in [3.05, 3.63) is 132 Å². The van der Waals surface area contributed by atoms with Crippen LogP contribution in [0.2, 0.25) is 0 Å². The Bertz CT molecular complexity index is 1230. The van der Waals surface area contributed by atoms with E-state index >= 15 is 0 Å². The number of amides is 1. The molecule has 0 aromatic heterocycles. The summed E-state index contributed by atoms with van der Waals surface area (Å²) in [6, 6.07) is 37.7. The largest absolute Gasteiger partial charge is 0.489 e. The average Bonchev–Trinajstić information content (AvgIpc) is 3.29. The van der Waals surface area contributed by atoms with Gasteiger partial charge in [-0.2, -0.15) is 0 Å². The second-order valence-corrected chi connectivity index (χ2v) is 8.84. The Hall–Kier alpha value is -4.25. The lowest BCUT2D eigenvalue weighted by Crippen LogP contribution is -2.47. The van der Waals surface area contributed by atoms with Crippen molar-refractivity contribution >= 4 is 6.09 Å². The van der Waals surface area contributed by atoms with E-state index in [1.807, 2.05) is 103 Å². The molecule has 0 spiro atoms. The molecular formula is C31H29NO4. The molecular weight excluding hydrogens is 450 g/mol. The van der Waals surface area contributed by atoms with E-state index < -0.39 is 6.23 Å². The van der Waals surface area contributed by atoms with Crippen LogP contribution in [0, 0.1) is 0 Å². The number of carbonyl (C=O) groups is 1. The molecule has 5 nitrogen and oxygen atoms in total. The molecule has 4 aromatic rings. The quantitative estimate of drug-likeness (QED) is 0.269. The number of rotatable bonds is 10. The van der Waals surface area contributed by atoms with Crippen LogP contribution in [-0.2, 0) is 24.2 Å². The maximum absolute atomic E-state index is 12.9. The Morgan fingerprint density at radius 1 is 0.722 bits per heavy atom. The summed E-state index contributed by atoms with van der Waals surface area (Å²) < 4.78 is 17.8. The Morgan fingerprint density at radius 2 is 1.33 bits per heavy atom. The van der Waals surface area contributed by atoms with Crippen molar-refractivity contribution in [3.63, 3.8) is 0 Å². The fourth-order valence-corrected chi connectivity index (χ4v) is 4.38. The monoisotopic (exact) mass is 479 g/mol. The molecule has 0 saturated carbocycles. The van der Waals surface area contributed by atoms with Crippen molar-refractivity contribution in [1.29, 1.82) is 0 Å². The molecule has 1 amide bonds. The highest BCUT2D eigenvalue weighted by Gasteiger charge is 2.39. The van der Waals surface area contributed by atoms with Gasteiger partial charge in [-0.3, -0.25) is 4.90 Å². The predicted octanol–water partition coefficient (Wildman–Crippen LogP) is 6.28. The number of para-hydroxylation sites is 1. The number of benzene rings is 4. The van der Waals surface area contributed by atoms with Crippen molar-refractivity contribution in [3.8, 4) is 11.5 Å². The highest BCUT2D eigenvalue weighted by molar-refractivity contribution is 5.70. The zero-order valence-corrected chi connectivity index (χ0v) is 20.0. The van der Waals surface area contributed by atoms with E-state index in [2.05, 4.69) is 12.1 Å². The van der Waals surface area contributed by atoms with Crippen LogP contribution in [0.15, 0.2) is 115 Å². The van der Waals surface area contributed by atoms with Crippen molar-refractivity contribution < 1.29 is 19.0 Å². The van der Waals surface area contributed by atoms with Gasteiger partial charge in [0.05, 0.1) is 6.04 Å². The molecule has 1 aliphatic rings. The molecule has 5 heteroatoms. The number of hydrogen-bond acceptors (Lipinski definition) is 4. The van der Waals surface area contributed by atoms with Gasteiger partial charge in [0.2, 0.25) is 0 Å². The van der Waals surface area contributed by atoms with Crippen molar-refractivity contribution in [2.75, 3.05) is 6.61 Å². The third kappa shape index (κ3) is 6.05. The standard InChI is InChI=1S/C31H29NO4/c33-31-32(27(23-35-31)20-24-10-4-1-5-11-24)30(36-29-14-8-3-9-15-29)21-25-16-18-28(19-17-25)34-22-26-12-6-2-7-13-26/h1-19,27,30H,20-23H2/t27-,30-/m0/s1. The molecule has 0 bridgehead atoms. The van der Waals surface area contributed by atoms with Crippen LogP contribution in [0.4, 0.5) is 4.79 Å². The minimum absolute atomic E-state index is 0.109. The van der Waals surface area contributed by atoms with Crippen LogP contribution in [0.1, 0.15) is 16.7 Å². The van der Waals surface area contributed by atoms with Gasteiger partial charge in [0.15, 0.2) is 6.23 Å². The third-order valence-corrected chi connectivity index (χ3v) is 6.23. The summed E-state index contributed by atoms with van der Waals surface area (Å²) in [6.45, 7) is 0.857. The van der Waals surface area contributed by atoms with Gasteiger partial charge in [-0.1, -0.05) is 91.0 Å². The number of carbonyl (C=O) groups excluding carboxylic acids is 1. The van der Waals surface area contributed by atoms with Crippen molar-refractivity contribution in [1.82, 2.24) is 4.90 Å². The molecule has 0 radical (unpaired) electrons. The van der Waals surface area contributed by atoms with E-state index in [0.29, 0.717) is 31.8 Å². The lowest BCUT2D eigenvalue weighted by Gasteiger charge is -2.31. The molecule has 5 rings (SSSR count). The second kappa shape index (κ2) is 11.5. The van der Waals surface area contributed by atoms with Crippen LogP contribution in [-0.4, -0.2) is 29.9 Å². The lowest BCUT2D eigenvalue weighted by atomic mass is 10.0. The normalized spacial score (nSPS) is 15.8. The van der Waals surface area contributed by atoms with Gasteiger partial charge in [-0.15, -0.1) is 0 Å². The highest BCUT2D eigenvalue weighted by atomic mass is 16.6. The average molecular weight is 480 g/mol. The minimum Gasteiger partial charge on any atom is -0.489 e. The van der Waals surface area contributed by atoms with Crippen LogP contribution in [0.25, 0.3) is 0 Å². The number of hydrogen-bond donors (Lipinski definition) is 0. The van der Waals surface area contributed by atoms with E-state index in [4.69, 9.17) is 14.2 Å². The predicted molar refractivity (Wildman–Crippen MR) is 139 cm³/mol. The van der Waals surface area contributed by atoms with E-state index in [-0.39, 0.29) is 12.1 Å². The van der Waals surface area contributed by atoms with Gasteiger partial charge in [0.25, 0.3) is 0 Å².